The van der Waals surface area contributed by atoms with Crippen molar-refractivity contribution in [1.29, 1.82) is 0 Å². The van der Waals surface area contributed by atoms with Gasteiger partial charge in [-0.25, -0.2) is 0 Å². The van der Waals surface area contributed by atoms with Gasteiger partial charge in [0.15, 0.2) is 0 Å². The number of hydrogen-bond acceptors (Lipinski definition) is 3. The number of pyridine rings is 1. The van der Waals surface area contributed by atoms with E-state index in [0.29, 0.717) is 18.7 Å². The van der Waals surface area contributed by atoms with Crippen molar-refractivity contribution in [2.24, 2.45) is 0 Å². The van der Waals surface area contributed by atoms with Crippen LogP contribution in [0.4, 0.5) is 5.69 Å². The molecule has 0 spiro atoms. The lowest BCUT2D eigenvalue weighted by molar-refractivity contribution is -0.116. The Morgan fingerprint density at radius 1 is 1.23 bits per heavy atom. The summed E-state index contributed by atoms with van der Waals surface area (Å²) < 4.78 is 0.837. The van der Waals surface area contributed by atoms with Gasteiger partial charge >= 0.3 is 0 Å². The van der Waals surface area contributed by atoms with E-state index in [0.717, 1.165) is 10.2 Å². The molecule has 5 nitrogen and oxygen atoms in total. The van der Waals surface area contributed by atoms with E-state index in [1.165, 1.54) is 13.1 Å². The van der Waals surface area contributed by atoms with Crippen molar-refractivity contribution >= 4 is 33.4 Å². The number of nitrogens with one attached hydrogen (secondary N) is 1. The van der Waals surface area contributed by atoms with Crippen LogP contribution in [0.15, 0.2) is 53.3 Å². The molecule has 2 rings (SSSR count). The number of nitrogens with zero attached hydrogens (tertiary/aromatic N) is 2. The van der Waals surface area contributed by atoms with Crippen LogP contribution in [0, 0.1) is 0 Å². The van der Waals surface area contributed by atoms with Gasteiger partial charge in [-0.1, -0.05) is 12.1 Å². The van der Waals surface area contributed by atoms with Crippen molar-refractivity contribution in [3.63, 3.8) is 0 Å². The lowest BCUT2D eigenvalue weighted by Gasteiger charge is -2.22. The molecule has 0 fully saturated rings. The number of carbonyl (C=O) groups is 2. The van der Waals surface area contributed by atoms with Crippen molar-refractivity contribution in [1.82, 2.24) is 10.3 Å². The van der Waals surface area contributed by atoms with Crippen molar-refractivity contribution in [3.05, 3.63) is 58.8 Å². The molecular weight excluding hydrogens is 346 g/mol. The molecule has 1 aromatic carbocycles. The predicted molar refractivity (Wildman–Crippen MR) is 88.7 cm³/mol. The third kappa shape index (κ3) is 4.14. The van der Waals surface area contributed by atoms with Crippen molar-refractivity contribution < 1.29 is 9.59 Å². The minimum absolute atomic E-state index is 0.0810. The fraction of sp³-hybridized carbons (Fsp3) is 0.188. The molecule has 0 aliphatic carbocycles. The van der Waals surface area contributed by atoms with Crippen LogP contribution in [-0.4, -0.2) is 29.9 Å². The number of aromatic nitrogens is 1. The minimum Gasteiger partial charge on any atom is -0.350 e. The zero-order valence-corrected chi connectivity index (χ0v) is 13.7. The summed E-state index contributed by atoms with van der Waals surface area (Å²) >= 11 is 3.43. The largest absolute Gasteiger partial charge is 0.350 e. The second-order valence-electron chi connectivity index (χ2n) is 4.62. The van der Waals surface area contributed by atoms with Crippen molar-refractivity contribution in [2.75, 3.05) is 18.0 Å². The van der Waals surface area contributed by atoms with Crippen molar-refractivity contribution in [3.8, 4) is 0 Å². The average Bonchev–Trinajstić information content (AvgIpc) is 2.53. The number of benzene rings is 1. The van der Waals surface area contributed by atoms with Crippen LogP contribution < -0.4 is 10.2 Å². The molecule has 6 heteroatoms. The molecule has 0 radical (unpaired) electrons. The summed E-state index contributed by atoms with van der Waals surface area (Å²) in [4.78, 5) is 29.3. The van der Waals surface area contributed by atoms with Gasteiger partial charge in [0.05, 0.1) is 11.3 Å². The lowest BCUT2D eigenvalue weighted by Crippen LogP contribution is -2.37. The van der Waals surface area contributed by atoms with E-state index in [2.05, 4.69) is 26.2 Å². The summed E-state index contributed by atoms with van der Waals surface area (Å²) in [5.74, 6) is -0.286. The molecule has 0 bridgehead atoms. The van der Waals surface area contributed by atoms with E-state index < -0.39 is 0 Å². The Balaban J connectivity index is 1.98. The van der Waals surface area contributed by atoms with Crippen LogP contribution in [0.25, 0.3) is 0 Å². The van der Waals surface area contributed by atoms with E-state index in [1.807, 2.05) is 24.3 Å². The first-order valence-corrected chi connectivity index (χ1v) is 7.59. The average molecular weight is 362 g/mol. The first-order valence-electron chi connectivity index (χ1n) is 6.80. The minimum atomic E-state index is -0.205. The Hall–Kier alpha value is -2.21. The zero-order chi connectivity index (χ0) is 15.9. The number of amides is 2. The van der Waals surface area contributed by atoms with Gasteiger partial charge in [0.2, 0.25) is 5.91 Å². The second-order valence-corrected chi connectivity index (χ2v) is 5.47. The van der Waals surface area contributed by atoms with Crippen LogP contribution in [0.5, 0.6) is 0 Å². The highest BCUT2D eigenvalue weighted by Crippen LogP contribution is 2.25. The number of halogens is 1. The van der Waals surface area contributed by atoms with E-state index in [4.69, 9.17) is 0 Å². The smallest absolute Gasteiger partial charge is 0.252 e. The third-order valence-electron chi connectivity index (χ3n) is 3.07. The first-order chi connectivity index (χ1) is 10.6. The summed E-state index contributed by atoms with van der Waals surface area (Å²) in [7, 11) is 0. The van der Waals surface area contributed by atoms with Crippen LogP contribution in [-0.2, 0) is 4.79 Å². The summed E-state index contributed by atoms with van der Waals surface area (Å²) in [6.07, 6.45) is 3.12. The molecule has 0 saturated heterocycles. The van der Waals surface area contributed by atoms with Gasteiger partial charge < -0.3 is 10.2 Å². The van der Waals surface area contributed by atoms with E-state index >= 15 is 0 Å². The predicted octanol–water partition coefficient (Wildman–Crippen LogP) is 2.63. The molecular formula is C16H16BrN3O2. The SMILES string of the molecule is CC(=O)N(CCNC(=O)c1cccnc1)c1ccccc1Br. The fourth-order valence-corrected chi connectivity index (χ4v) is 2.50. The maximum Gasteiger partial charge on any atom is 0.252 e. The van der Waals surface area contributed by atoms with Gasteiger partial charge in [0, 0.05) is 36.9 Å². The Morgan fingerprint density at radius 2 is 2.00 bits per heavy atom. The number of rotatable bonds is 5. The highest BCUT2D eigenvalue weighted by atomic mass is 79.9. The monoisotopic (exact) mass is 361 g/mol. The summed E-state index contributed by atoms with van der Waals surface area (Å²) in [6, 6.07) is 10.9. The molecule has 1 aromatic heterocycles. The molecule has 114 valence electrons. The Bertz CT molecular complexity index is 661. The van der Waals surface area contributed by atoms with Crippen LogP contribution in [0.3, 0.4) is 0 Å². The first kappa shape index (κ1) is 16.2. The van der Waals surface area contributed by atoms with Gasteiger partial charge in [-0.15, -0.1) is 0 Å². The van der Waals surface area contributed by atoms with Gasteiger partial charge in [0.1, 0.15) is 0 Å². The van der Waals surface area contributed by atoms with Crippen LogP contribution >= 0.6 is 15.9 Å². The standard InChI is InChI=1S/C16H16BrN3O2/c1-12(21)20(15-7-3-2-6-14(15)17)10-9-19-16(22)13-5-4-8-18-11-13/h2-8,11H,9-10H2,1H3,(H,19,22). The number of carbonyl (C=O) groups excluding carboxylic acids is 2. The highest BCUT2D eigenvalue weighted by molar-refractivity contribution is 9.10. The Kier molecular flexibility index (Phi) is 5.66. The lowest BCUT2D eigenvalue weighted by atomic mass is 10.2. The molecule has 2 aromatic rings. The fourth-order valence-electron chi connectivity index (χ4n) is 2.00. The van der Waals surface area contributed by atoms with Gasteiger partial charge in [-0.2, -0.15) is 0 Å². The van der Waals surface area contributed by atoms with E-state index in [-0.39, 0.29) is 11.8 Å². The maximum absolute atomic E-state index is 11.9. The van der Waals surface area contributed by atoms with E-state index in [1.54, 1.807) is 23.2 Å². The van der Waals surface area contributed by atoms with Crippen LogP contribution in [0.2, 0.25) is 0 Å². The quantitative estimate of drug-likeness (QED) is 0.890. The molecule has 0 saturated carbocycles. The maximum atomic E-state index is 11.9. The van der Waals surface area contributed by atoms with Gasteiger partial charge in [-0.05, 0) is 40.2 Å². The summed E-state index contributed by atoms with van der Waals surface area (Å²) in [5.41, 5.74) is 1.28. The molecule has 0 aliphatic rings. The normalized spacial score (nSPS) is 10.1. The molecule has 0 aliphatic heterocycles. The number of hydrogen-bond donors (Lipinski definition) is 1. The topological polar surface area (TPSA) is 62.3 Å². The molecule has 2 amide bonds. The van der Waals surface area contributed by atoms with Crippen molar-refractivity contribution in [2.45, 2.75) is 6.92 Å². The Morgan fingerprint density at radius 3 is 2.64 bits per heavy atom. The van der Waals surface area contributed by atoms with Crippen LogP contribution in [0.1, 0.15) is 17.3 Å². The Labute approximate surface area is 137 Å². The molecule has 1 heterocycles. The van der Waals surface area contributed by atoms with E-state index in [9.17, 15) is 9.59 Å². The molecule has 0 unspecified atom stereocenters. The second kappa shape index (κ2) is 7.70. The number of para-hydroxylation sites is 1. The summed E-state index contributed by atoms with van der Waals surface area (Å²) in [5, 5.41) is 2.79. The zero-order valence-electron chi connectivity index (χ0n) is 12.1. The highest BCUT2D eigenvalue weighted by Gasteiger charge is 2.14. The number of anilines is 1. The van der Waals surface area contributed by atoms with Gasteiger partial charge in [-0.3, -0.25) is 14.6 Å². The molecule has 0 atom stereocenters. The third-order valence-corrected chi connectivity index (χ3v) is 3.74. The molecule has 22 heavy (non-hydrogen) atoms. The molecule has 1 N–H and O–H groups in total. The van der Waals surface area contributed by atoms with Gasteiger partial charge in [0.25, 0.3) is 5.91 Å². The summed E-state index contributed by atoms with van der Waals surface area (Å²) in [6.45, 7) is 2.25.